The summed E-state index contributed by atoms with van der Waals surface area (Å²) >= 11 is 0. The first-order valence-corrected chi connectivity index (χ1v) is 7.00. The van der Waals surface area contributed by atoms with Crippen molar-refractivity contribution < 1.29 is 13.9 Å². The van der Waals surface area contributed by atoms with Gasteiger partial charge in [-0.2, -0.15) is 0 Å². The Morgan fingerprint density at radius 3 is 2.63 bits per heavy atom. The molecule has 1 aromatic rings. The summed E-state index contributed by atoms with van der Waals surface area (Å²) in [4.78, 5) is 14.3. The molecule has 0 bridgehead atoms. The van der Waals surface area contributed by atoms with Gasteiger partial charge in [-0.1, -0.05) is 0 Å². The first kappa shape index (κ1) is 12.7. The molecule has 0 N–H and O–H groups in total. The molecule has 1 aliphatic carbocycles. The van der Waals surface area contributed by atoms with Crippen LogP contribution in [-0.2, 0) is 4.74 Å². The predicted molar refractivity (Wildman–Crippen MR) is 71.0 cm³/mol. The van der Waals surface area contributed by atoms with Gasteiger partial charge in [0.15, 0.2) is 0 Å². The third-order valence-electron chi connectivity index (χ3n) is 4.86. The van der Waals surface area contributed by atoms with Crippen LogP contribution in [0.15, 0.2) is 16.7 Å². The molecule has 0 unspecified atom stereocenters. The average molecular weight is 263 g/mol. The molecule has 2 heterocycles. The molecule has 0 radical (unpaired) electrons. The zero-order valence-electron chi connectivity index (χ0n) is 11.6. The SMILES string of the molecule is COC1CC2(CCN(C(=O)c3ccoc3C)CC2)C1. The highest BCUT2D eigenvalue weighted by atomic mass is 16.5. The van der Waals surface area contributed by atoms with Gasteiger partial charge in [-0.15, -0.1) is 0 Å². The Kier molecular flexibility index (Phi) is 3.13. The van der Waals surface area contributed by atoms with Crippen LogP contribution in [0.3, 0.4) is 0 Å². The van der Waals surface area contributed by atoms with Gasteiger partial charge in [-0.05, 0) is 44.1 Å². The Morgan fingerprint density at radius 1 is 1.42 bits per heavy atom. The molecule has 1 aromatic heterocycles. The minimum atomic E-state index is 0.115. The fraction of sp³-hybridized carbons (Fsp3) is 0.667. The molecule has 19 heavy (non-hydrogen) atoms. The van der Waals surface area contributed by atoms with Gasteiger partial charge in [-0.25, -0.2) is 0 Å². The monoisotopic (exact) mass is 263 g/mol. The van der Waals surface area contributed by atoms with Crippen LogP contribution >= 0.6 is 0 Å². The highest BCUT2D eigenvalue weighted by molar-refractivity contribution is 5.95. The van der Waals surface area contributed by atoms with Gasteiger partial charge >= 0.3 is 0 Å². The summed E-state index contributed by atoms with van der Waals surface area (Å²) < 4.78 is 10.6. The van der Waals surface area contributed by atoms with Crippen LogP contribution in [0, 0.1) is 12.3 Å². The van der Waals surface area contributed by atoms with Crippen LogP contribution in [-0.4, -0.2) is 37.1 Å². The number of piperidine rings is 1. The lowest BCUT2D eigenvalue weighted by Crippen LogP contribution is -2.50. The van der Waals surface area contributed by atoms with Crippen molar-refractivity contribution in [1.29, 1.82) is 0 Å². The third-order valence-corrected chi connectivity index (χ3v) is 4.86. The molecular formula is C15H21NO3. The van der Waals surface area contributed by atoms with Gasteiger partial charge in [0.25, 0.3) is 5.91 Å². The van der Waals surface area contributed by atoms with Gasteiger partial charge in [-0.3, -0.25) is 4.79 Å². The number of carbonyl (C=O) groups excluding carboxylic acids is 1. The molecule has 1 saturated carbocycles. The summed E-state index contributed by atoms with van der Waals surface area (Å²) in [6, 6.07) is 1.77. The number of nitrogens with zero attached hydrogens (tertiary/aromatic N) is 1. The van der Waals surface area contributed by atoms with Crippen LogP contribution in [0.5, 0.6) is 0 Å². The van der Waals surface area contributed by atoms with Gasteiger partial charge in [0, 0.05) is 20.2 Å². The highest BCUT2D eigenvalue weighted by Crippen LogP contribution is 2.50. The van der Waals surface area contributed by atoms with Crippen LogP contribution in [0.4, 0.5) is 0 Å². The van der Waals surface area contributed by atoms with Crippen LogP contribution < -0.4 is 0 Å². The molecule has 1 aliphatic heterocycles. The molecule has 104 valence electrons. The van der Waals surface area contributed by atoms with Crippen molar-refractivity contribution in [3.8, 4) is 0 Å². The molecule has 2 fully saturated rings. The second-order valence-electron chi connectivity index (χ2n) is 5.95. The molecule has 1 spiro atoms. The quantitative estimate of drug-likeness (QED) is 0.823. The number of likely N-dealkylation sites (tertiary alicyclic amines) is 1. The van der Waals surface area contributed by atoms with Crippen LogP contribution in [0.1, 0.15) is 41.8 Å². The summed E-state index contributed by atoms with van der Waals surface area (Å²) in [6.07, 6.45) is 6.57. The summed E-state index contributed by atoms with van der Waals surface area (Å²) in [5, 5.41) is 0. The fourth-order valence-corrected chi connectivity index (χ4v) is 3.44. The summed E-state index contributed by atoms with van der Waals surface area (Å²) in [5.74, 6) is 0.831. The Labute approximate surface area is 113 Å². The van der Waals surface area contributed by atoms with Gasteiger partial charge in [0.1, 0.15) is 5.76 Å². The van der Waals surface area contributed by atoms with Crippen molar-refractivity contribution >= 4 is 5.91 Å². The Balaban J connectivity index is 1.59. The molecule has 4 nitrogen and oxygen atoms in total. The highest BCUT2D eigenvalue weighted by Gasteiger charge is 2.46. The zero-order valence-corrected chi connectivity index (χ0v) is 11.6. The smallest absolute Gasteiger partial charge is 0.257 e. The number of rotatable bonds is 2. The van der Waals surface area contributed by atoms with E-state index < -0.39 is 0 Å². The molecule has 4 heteroatoms. The largest absolute Gasteiger partial charge is 0.469 e. The number of aryl methyl sites for hydroxylation is 1. The van der Waals surface area contributed by atoms with Crippen LogP contribution in [0.2, 0.25) is 0 Å². The van der Waals surface area contributed by atoms with Crippen molar-refractivity contribution in [3.05, 3.63) is 23.7 Å². The lowest BCUT2D eigenvalue weighted by atomic mass is 9.61. The lowest BCUT2D eigenvalue weighted by Gasteiger charge is -2.51. The van der Waals surface area contributed by atoms with Crippen LogP contribution in [0.25, 0.3) is 0 Å². The molecule has 1 saturated heterocycles. The maximum atomic E-state index is 12.4. The fourth-order valence-electron chi connectivity index (χ4n) is 3.44. The average Bonchev–Trinajstić information content (AvgIpc) is 2.81. The molecule has 0 aromatic carbocycles. The molecular weight excluding hydrogens is 242 g/mol. The van der Waals surface area contributed by atoms with Crippen molar-refractivity contribution in [3.63, 3.8) is 0 Å². The van der Waals surface area contributed by atoms with Crippen molar-refractivity contribution in [2.24, 2.45) is 5.41 Å². The predicted octanol–water partition coefficient (Wildman–Crippen LogP) is 2.62. The minimum Gasteiger partial charge on any atom is -0.469 e. The van der Waals surface area contributed by atoms with E-state index in [9.17, 15) is 4.79 Å². The minimum absolute atomic E-state index is 0.115. The lowest BCUT2D eigenvalue weighted by molar-refractivity contribution is -0.0841. The van der Waals surface area contributed by atoms with E-state index in [1.54, 1.807) is 19.4 Å². The van der Waals surface area contributed by atoms with Gasteiger partial charge < -0.3 is 14.1 Å². The summed E-state index contributed by atoms with van der Waals surface area (Å²) in [7, 11) is 1.79. The molecule has 1 amide bonds. The number of hydrogen-bond acceptors (Lipinski definition) is 3. The number of methoxy groups -OCH3 is 1. The number of ether oxygens (including phenoxy) is 1. The van der Waals surface area contributed by atoms with E-state index in [4.69, 9.17) is 9.15 Å². The number of carbonyl (C=O) groups is 1. The third kappa shape index (κ3) is 2.18. The van der Waals surface area contributed by atoms with Gasteiger partial charge in [0.2, 0.25) is 0 Å². The molecule has 2 aliphatic rings. The number of amides is 1. The zero-order chi connectivity index (χ0) is 13.5. The van der Waals surface area contributed by atoms with Crippen molar-refractivity contribution in [1.82, 2.24) is 4.90 Å². The number of furan rings is 1. The topological polar surface area (TPSA) is 42.7 Å². The van der Waals surface area contributed by atoms with E-state index in [0.29, 0.717) is 22.8 Å². The summed E-state index contributed by atoms with van der Waals surface area (Å²) in [5.41, 5.74) is 1.16. The first-order valence-electron chi connectivity index (χ1n) is 7.00. The molecule has 3 rings (SSSR count). The number of hydrogen-bond donors (Lipinski definition) is 0. The summed E-state index contributed by atoms with van der Waals surface area (Å²) in [6.45, 7) is 3.56. The Hall–Kier alpha value is -1.29. The second-order valence-corrected chi connectivity index (χ2v) is 5.95. The van der Waals surface area contributed by atoms with E-state index >= 15 is 0 Å². The second kappa shape index (κ2) is 4.67. The van der Waals surface area contributed by atoms with E-state index in [0.717, 1.165) is 38.8 Å². The Morgan fingerprint density at radius 2 is 2.11 bits per heavy atom. The van der Waals surface area contributed by atoms with E-state index in [2.05, 4.69) is 0 Å². The Bertz CT molecular complexity index is 463. The van der Waals surface area contributed by atoms with E-state index in [1.807, 2.05) is 11.8 Å². The first-order chi connectivity index (χ1) is 9.13. The van der Waals surface area contributed by atoms with Gasteiger partial charge in [0.05, 0.1) is 17.9 Å². The molecule has 0 atom stereocenters. The normalized spacial score (nSPS) is 22.5. The maximum Gasteiger partial charge on any atom is 0.257 e. The van der Waals surface area contributed by atoms with Crippen molar-refractivity contribution in [2.45, 2.75) is 38.7 Å². The standard InChI is InChI=1S/C15H21NO3/c1-11-13(3-8-19-11)14(17)16-6-4-15(5-7-16)9-12(10-15)18-2/h3,8,12H,4-7,9-10H2,1-2H3. The van der Waals surface area contributed by atoms with E-state index in [1.165, 1.54) is 0 Å². The van der Waals surface area contributed by atoms with Crippen molar-refractivity contribution in [2.75, 3.05) is 20.2 Å². The van der Waals surface area contributed by atoms with E-state index in [-0.39, 0.29) is 5.91 Å². The maximum absolute atomic E-state index is 12.4.